The lowest BCUT2D eigenvalue weighted by Gasteiger charge is -2.14. The van der Waals surface area contributed by atoms with E-state index >= 15 is 0 Å². The number of rotatable bonds is 7. The van der Waals surface area contributed by atoms with E-state index in [1.54, 1.807) is 23.6 Å². The molecule has 0 saturated heterocycles. The van der Waals surface area contributed by atoms with Crippen molar-refractivity contribution >= 4 is 63.6 Å². The van der Waals surface area contributed by atoms with Crippen molar-refractivity contribution in [2.75, 3.05) is 5.32 Å². The minimum absolute atomic E-state index is 0.0652. The van der Waals surface area contributed by atoms with E-state index in [4.69, 9.17) is 39.5 Å². The van der Waals surface area contributed by atoms with Crippen molar-refractivity contribution in [1.82, 2.24) is 20.1 Å². The summed E-state index contributed by atoms with van der Waals surface area (Å²) in [6.45, 7) is 0. The van der Waals surface area contributed by atoms with Crippen LogP contribution in [0.4, 0.5) is 5.69 Å². The van der Waals surface area contributed by atoms with E-state index in [2.05, 4.69) is 20.7 Å². The average molecular weight is 549 g/mol. The van der Waals surface area contributed by atoms with Crippen molar-refractivity contribution in [2.24, 2.45) is 0 Å². The summed E-state index contributed by atoms with van der Waals surface area (Å²) >= 11 is 20.3. The molecule has 1 aromatic carbocycles. The first kappa shape index (κ1) is 23.6. The van der Waals surface area contributed by atoms with Gasteiger partial charge < -0.3 is 15.4 Å². The van der Waals surface area contributed by atoms with E-state index in [9.17, 15) is 9.59 Å². The molecule has 1 fully saturated rings. The van der Waals surface area contributed by atoms with Crippen LogP contribution < -0.4 is 15.4 Å². The maximum Gasteiger partial charge on any atom is 0.274 e. The Morgan fingerprint density at radius 3 is 2.63 bits per heavy atom. The number of nitrogens with zero attached hydrogens (tertiary/aromatic N) is 3. The molecule has 0 radical (unpaired) electrons. The Bertz CT molecular complexity index is 1420. The summed E-state index contributed by atoms with van der Waals surface area (Å²) in [6, 6.07) is 9.53. The number of pyridine rings is 1. The molecule has 4 aromatic rings. The van der Waals surface area contributed by atoms with Gasteiger partial charge in [-0.05, 0) is 48.6 Å². The van der Waals surface area contributed by atoms with E-state index in [0.29, 0.717) is 5.75 Å². The van der Waals surface area contributed by atoms with Crippen LogP contribution in [-0.4, -0.2) is 32.6 Å². The minimum Gasteiger partial charge on any atom is -0.437 e. The van der Waals surface area contributed by atoms with Crippen LogP contribution in [0.5, 0.6) is 11.6 Å². The third-order valence-electron chi connectivity index (χ3n) is 5.03. The minimum atomic E-state index is -0.607. The molecule has 3 aromatic heterocycles. The number of anilines is 1. The Hall–Kier alpha value is -3.11. The smallest absolute Gasteiger partial charge is 0.274 e. The molecule has 1 saturated carbocycles. The molecule has 0 bridgehead atoms. The Balaban J connectivity index is 1.52. The zero-order chi connectivity index (χ0) is 24.5. The van der Waals surface area contributed by atoms with Gasteiger partial charge in [-0.3, -0.25) is 9.59 Å². The summed E-state index contributed by atoms with van der Waals surface area (Å²) < 4.78 is 7.04. The quantitative estimate of drug-likeness (QED) is 0.285. The standard InChI is InChI=1S/C23H16Cl3N5O3S/c24-12-8-15(22(32)28-13-3-4-13)20(17(26)9-12)29-23(33)18-10-19(34-14-5-7-35-11-14)30-31(18)21-16(25)2-1-6-27-21/h1-2,5-11,13H,3-4H2,(H,28,32)(H,29,33). The molecular formula is C23H16Cl3N5O3S. The highest BCUT2D eigenvalue weighted by molar-refractivity contribution is 7.08. The maximum atomic E-state index is 13.5. The fourth-order valence-electron chi connectivity index (χ4n) is 3.24. The molecule has 0 spiro atoms. The molecule has 0 atom stereocenters. The molecule has 2 N–H and O–H groups in total. The van der Waals surface area contributed by atoms with Crippen LogP contribution in [-0.2, 0) is 0 Å². The summed E-state index contributed by atoms with van der Waals surface area (Å²) in [6.07, 6.45) is 3.33. The molecule has 1 aliphatic carbocycles. The highest BCUT2D eigenvalue weighted by atomic mass is 35.5. The Morgan fingerprint density at radius 1 is 1.09 bits per heavy atom. The summed E-state index contributed by atoms with van der Waals surface area (Å²) in [5.41, 5.74) is 0.342. The van der Waals surface area contributed by atoms with Gasteiger partial charge in [0.2, 0.25) is 5.88 Å². The molecule has 2 amide bonds. The molecule has 0 unspecified atom stereocenters. The van der Waals surface area contributed by atoms with E-state index in [-0.39, 0.29) is 55.7 Å². The third kappa shape index (κ3) is 5.28. The molecule has 8 nitrogen and oxygen atoms in total. The predicted molar refractivity (Wildman–Crippen MR) is 136 cm³/mol. The predicted octanol–water partition coefficient (Wildman–Crippen LogP) is 6.23. The van der Waals surface area contributed by atoms with Crippen molar-refractivity contribution in [3.8, 4) is 17.4 Å². The van der Waals surface area contributed by atoms with Crippen molar-refractivity contribution in [3.63, 3.8) is 0 Å². The molecular weight excluding hydrogens is 533 g/mol. The monoisotopic (exact) mass is 547 g/mol. The van der Waals surface area contributed by atoms with Crippen LogP contribution in [0.15, 0.2) is 53.4 Å². The molecule has 178 valence electrons. The van der Waals surface area contributed by atoms with Crippen LogP contribution in [0, 0.1) is 0 Å². The van der Waals surface area contributed by atoms with E-state index in [1.165, 1.54) is 40.4 Å². The summed E-state index contributed by atoms with van der Waals surface area (Å²) in [7, 11) is 0. The lowest BCUT2D eigenvalue weighted by atomic mass is 10.1. The van der Waals surface area contributed by atoms with Gasteiger partial charge in [-0.25, -0.2) is 9.67 Å². The fourth-order valence-corrected chi connectivity index (χ4v) is 4.54. The third-order valence-corrected chi connectivity index (χ3v) is 6.50. The zero-order valence-electron chi connectivity index (χ0n) is 17.8. The van der Waals surface area contributed by atoms with Gasteiger partial charge in [0.25, 0.3) is 11.8 Å². The molecule has 12 heteroatoms. The summed E-state index contributed by atoms with van der Waals surface area (Å²) in [4.78, 5) is 30.5. The lowest BCUT2D eigenvalue weighted by Crippen LogP contribution is -2.27. The first-order chi connectivity index (χ1) is 16.9. The second-order valence-electron chi connectivity index (χ2n) is 7.66. The number of aromatic nitrogens is 3. The Kier molecular flexibility index (Phi) is 6.66. The number of carbonyl (C=O) groups is 2. The zero-order valence-corrected chi connectivity index (χ0v) is 20.9. The van der Waals surface area contributed by atoms with Crippen LogP contribution in [0.3, 0.4) is 0 Å². The second-order valence-corrected chi connectivity index (χ2v) is 9.69. The fraction of sp³-hybridized carbons (Fsp3) is 0.130. The molecule has 0 aliphatic heterocycles. The van der Waals surface area contributed by atoms with E-state index in [1.807, 2.05) is 5.38 Å². The number of thiophene rings is 1. The number of benzene rings is 1. The largest absolute Gasteiger partial charge is 0.437 e. The number of hydrogen-bond acceptors (Lipinski definition) is 6. The van der Waals surface area contributed by atoms with Crippen LogP contribution >= 0.6 is 46.1 Å². The summed E-state index contributed by atoms with van der Waals surface area (Å²) in [5, 5.41) is 14.3. The molecule has 3 heterocycles. The normalized spacial score (nSPS) is 12.9. The number of halogens is 3. The first-order valence-electron chi connectivity index (χ1n) is 10.4. The van der Waals surface area contributed by atoms with Crippen molar-refractivity contribution < 1.29 is 14.3 Å². The maximum absolute atomic E-state index is 13.5. The SMILES string of the molecule is O=C(NC1CC1)c1cc(Cl)cc(Cl)c1NC(=O)c1cc(Oc2ccsc2)nn1-c1ncccc1Cl. The Morgan fingerprint density at radius 2 is 1.91 bits per heavy atom. The number of ether oxygens (including phenoxy) is 1. The average Bonchev–Trinajstić information content (AvgIpc) is 3.31. The van der Waals surface area contributed by atoms with Crippen LogP contribution in [0.2, 0.25) is 15.1 Å². The number of carbonyl (C=O) groups excluding carboxylic acids is 2. The van der Waals surface area contributed by atoms with Crippen molar-refractivity contribution in [3.05, 3.63) is 79.7 Å². The van der Waals surface area contributed by atoms with Gasteiger partial charge in [0.15, 0.2) is 5.82 Å². The second kappa shape index (κ2) is 9.87. The van der Waals surface area contributed by atoms with Gasteiger partial charge >= 0.3 is 0 Å². The summed E-state index contributed by atoms with van der Waals surface area (Å²) in [5.74, 6) is -0.0323. The van der Waals surface area contributed by atoms with Gasteiger partial charge in [0, 0.05) is 28.7 Å². The van der Waals surface area contributed by atoms with Gasteiger partial charge in [-0.1, -0.05) is 34.8 Å². The molecule has 1 aliphatic rings. The van der Waals surface area contributed by atoms with Gasteiger partial charge in [-0.15, -0.1) is 16.4 Å². The first-order valence-corrected chi connectivity index (χ1v) is 12.5. The molecule has 35 heavy (non-hydrogen) atoms. The molecule has 5 rings (SSSR count). The number of hydrogen-bond donors (Lipinski definition) is 2. The van der Waals surface area contributed by atoms with Gasteiger partial charge in [0.1, 0.15) is 11.4 Å². The number of amides is 2. The highest BCUT2D eigenvalue weighted by Gasteiger charge is 2.27. The number of nitrogens with one attached hydrogen (secondary N) is 2. The van der Waals surface area contributed by atoms with Crippen molar-refractivity contribution in [2.45, 2.75) is 18.9 Å². The Labute approximate surface area is 218 Å². The lowest BCUT2D eigenvalue weighted by molar-refractivity contribution is 0.0952. The topological polar surface area (TPSA) is 98.1 Å². The highest BCUT2D eigenvalue weighted by Crippen LogP contribution is 2.33. The van der Waals surface area contributed by atoms with Gasteiger partial charge in [0.05, 0.1) is 21.3 Å². The van der Waals surface area contributed by atoms with Crippen molar-refractivity contribution in [1.29, 1.82) is 0 Å². The van der Waals surface area contributed by atoms with Crippen LogP contribution in [0.1, 0.15) is 33.7 Å². The van der Waals surface area contributed by atoms with Gasteiger partial charge in [-0.2, -0.15) is 0 Å². The van der Waals surface area contributed by atoms with E-state index in [0.717, 1.165) is 12.8 Å². The van der Waals surface area contributed by atoms with E-state index < -0.39 is 5.91 Å². The van der Waals surface area contributed by atoms with Crippen LogP contribution in [0.25, 0.3) is 5.82 Å².